The van der Waals surface area contributed by atoms with Crippen LogP contribution in [0.4, 0.5) is 5.13 Å². The highest BCUT2D eigenvalue weighted by molar-refractivity contribution is 7.13. The minimum absolute atomic E-state index is 0.124. The van der Waals surface area contributed by atoms with Crippen molar-refractivity contribution in [3.63, 3.8) is 0 Å². The summed E-state index contributed by atoms with van der Waals surface area (Å²) in [6.45, 7) is 3.57. The van der Waals surface area contributed by atoms with Crippen LogP contribution in [0.25, 0.3) is 10.9 Å². The first-order valence-corrected chi connectivity index (χ1v) is 11.5. The van der Waals surface area contributed by atoms with Gasteiger partial charge in [0.25, 0.3) is 5.56 Å². The molecule has 4 rings (SSSR count). The van der Waals surface area contributed by atoms with E-state index in [1.54, 1.807) is 35.1 Å². The molecule has 0 unspecified atom stereocenters. The van der Waals surface area contributed by atoms with Crippen LogP contribution in [0, 0.1) is 0 Å². The molecule has 0 spiro atoms. The number of ether oxygens (including phenoxy) is 2. The first-order chi connectivity index (χ1) is 15.6. The molecule has 0 atom stereocenters. The predicted molar refractivity (Wildman–Crippen MR) is 124 cm³/mol. The van der Waals surface area contributed by atoms with Gasteiger partial charge in [0.15, 0.2) is 16.6 Å². The van der Waals surface area contributed by atoms with Gasteiger partial charge in [0, 0.05) is 56.8 Å². The summed E-state index contributed by atoms with van der Waals surface area (Å²) >= 11 is 1.62. The second kappa shape index (κ2) is 9.99. The molecule has 10 heteroatoms. The van der Waals surface area contributed by atoms with E-state index < -0.39 is 0 Å². The fraction of sp³-hybridized carbons (Fsp3) is 0.455. The van der Waals surface area contributed by atoms with E-state index in [4.69, 9.17) is 9.47 Å². The third kappa shape index (κ3) is 4.69. The highest BCUT2D eigenvalue weighted by Crippen LogP contribution is 2.29. The van der Waals surface area contributed by atoms with Gasteiger partial charge in [-0.25, -0.2) is 9.97 Å². The molecule has 1 aliphatic rings. The zero-order chi connectivity index (χ0) is 22.5. The number of hydrogen-bond donors (Lipinski definition) is 0. The smallest absolute Gasteiger partial charge is 0.261 e. The Labute approximate surface area is 190 Å². The number of rotatable bonds is 7. The van der Waals surface area contributed by atoms with Gasteiger partial charge in [-0.05, 0) is 18.9 Å². The monoisotopic (exact) mass is 457 g/mol. The van der Waals surface area contributed by atoms with Gasteiger partial charge < -0.3 is 19.3 Å². The van der Waals surface area contributed by atoms with Gasteiger partial charge in [-0.1, -0.05) is 0 Å². The Morgan fingerprint density at radius 1 is 1.09 bits per heavy atom. The average Bonchev–Trinajstić information content (AvgIpc) is 3.24. The standard InChI is InChI=1S/C22H27N5O4S/c1-30-18-13-16-17(14-19(18)31-2)24-15-27(21(16)29)7-3-5-20(28)25-8-4-9-26(11-10-25)22-23-6-12-32-22/h6,12-15H,3-5,7-11H2,1-2H3. The van der Waals surface area contributed by atoms with E-state index in [0.717, 1.165) is 31.2 Å². The third-order valence-corrected chi connectivity index (χ3v) is 6.49. The Bertz CT molecular complexity index is 1130. The minimum Gasteiger partial charge on any atom is -0.493 e. The third-order valence-electron chi connectivity index (χ3n) is 5.66. The molecule has 0 radical (unpaired) electrons. The van der Waals surface area contributed by atoms with Gasteiger partial charge in [0.1, 0.15) is 0 Å². The SMILES string of the molecule is COc1cc2ncn(CCCC(=O)N3CCCN(c4nccs4)CC3)c(=O)c2cc1OC. The lowest BCUT2D eigenvalue weighted by molar-refractivity contribution is -0.131. The quantitative estimate of drug-likeness (QED) is 0.538. The number of carbonyl (C=O) groups is 1. The van der Waals surface area contributed by atoms with Crippen molar-refractivity contribution in [3.05, 3.63) is 40.4 Å². The van der Waals surface area contributed by atoms with Gasteiger partial charge >= 0.3 is 0 Å². The number of methoxy groups -OCH3 is 2. The molecule has 0 saturated carbocycles. The number of hydrogen-bond acceptors (Lipinski definition) is 8. The summed E-state index contributed by atoms with van der Waals surface area (Å²) in [5, 5.41) is 3.45. The number of aryl methyl sites for hydroxylation is 1. The first-order valence-electron chi connectivity index (χ1n) is 10.6. The van der Waals surface area contributed by atoms with Crippen molar-refractivity contribution >= 4 is 33.3 Å². The van der Waals surface area contributed by atoms with E-state index in [0.29, 0.717) is 48.3 Å². The molecule has 0 aliphatic carbocycles. The maximum Gasteiger partial charge on any atom is 0.261 e. The summed E-state index contributed by atoms with van der Waals surface area (Å²) in [7, 11) is 3.08. The van der Waals surface area contributed by atoms with Crippen molar-refractivity contribution in [2.24, 2.45) is 0 Å². The summed E-state index contributed by atoms with van der Waals surface area (Å²) in [5.41, 5.74) is 0.395. The van der Waals surface area contributed by atoms with Crippen LogP contribution in [0.2, 0.25) is 0 Å². The molecule has 170 valence electrons. The molecule has 3 aromatic rings. The lowest BCUT2D eigenvalue weighted by atomic mass is 10.2. The second-order valence-corrected chi connectivity index (χ2v) is 8.48. The molecule has 1 fully saturated rings. The topological polar surface area (TPSA) is 89.8 Å². The molecule has 1 aromatic carbocycles. The molecule has 0 bridgehead atoms. The molecule has 2 aromatic heterocycles. The molecular formula is C22H27N5O4S. The lowest BCUT2D eigenvalue weighted by Gasteiger charge is -2.21. The number of aromatic nitrogens is 3. The van der Waals surface area contributed by atoms with Crippen molar-refractivity contribution in [2.75, 3.05) is 45.3 Å². The molecule has 1 amide bonds. The van der Waals surface area contributed by atoms with Crippen molar-refractivity contribution < 1.29 is 14.3 Å². The zero-order valence-corrected chi connectivity index (χ0v) is 19.1. The maximum absolute atomic E-state index is 12.9. The van der Waals surface area contributed by atoms with Crippen molar-refractivity contribution in [1.82, 2.24) is 19.4 Å². The normalized spacial score (nSPS) is 14.4. The number of fused-ring (bicyclic) bond motifs is 1. The van der Waals surface area contributed by atoms with Gasteiger partial charge in [-0.15, -0.1) is 11.3 Å². The first kappa shape index (κ1) is 22.1. The number of nitrogens with zero attached hydrogens (tertiary/aromatic N) is 5. The number of thiazole rings is 1. The van der Waals surface area contributed by atoms with Crippen LogP contribution in [-0.4, -0.2) is 65.7 Å². The van der Waals surface area contributed by atoms with Gasteiger partial charge in [-0.3, -0.25) is 14.2 Å². The fourth-order valence-corrected chi connectivity index (χ4v) is 4.63. The molecule has 9 nitrogen and oxygen atoms in total. The Balaban J connectivity index is 1.36. The van der Waals surface area contributed by atoms with E-state index in [9.17, 15) is 9.59 Å². The second-order valence-electron chi connectivity index (χ2n) is 7.61. The maximum atomic E-state index is 12.9. The van der Waals surface area contributed by atoms with Crippen molar-refractivity contribution in [1.29, 1.82) is 0 Å². The van der Waals surface area contributed by atoms with Gasteiger partial charge in [0.2, 0.25) is 5.91 Å². The van der Waals surface area contributed by atoms with E-state index >= 15 is 0 Å². The average molecular weight is 458 g/mol. The van der Waals surface area contributed by atoms with E-state index in [2.05, 4.69) is 14.9 Å². The van der Waals surface area contributed by atoms with Crippen LogP contribution in [-0.2, 0) is 11.3 Å². The van der Waals surface area contributed by atoms with E-state index in [1.807, 2.05) is 16.5 Å². The Morgan fingerprint density at radius 2 is 1.91 bits per heavy atom. The molecular weight excluding hydrogens is 430 g/mol. The Kier molecular flexibility index (Phi) is 6.89. The van der Waals surface area contributed by atoms with Crippen LogP contribution in [0.3, 0.4) is 0 Å². The predicted octanol–water partition coefficient (Wildman–Crippen LogP) is 2.39. The Hall–Kier alpha value is -3.14. The summed E-state index contributed by atoms with van der Waals surface area (Å²) in [6, 6.07) is 3.34. The molecule has 0 N–H and O–H groups in total. The molecule has 32 heavy (non-hydrogen) atoms. The summed E-state index contributed by atoms with van der Waals surface area (Å²) in [4.78, 5) is 38.5. The molecule has 1 aliphatic heterocycles. The number of amides is 1. The summed E-state index contributed by atoms with van der Waals surface area (Å²) in [6.07, 6.45) is 5.23. The largest absolute Gasteiger partial charge is 0.493 e. The number of carbonyl (C=O) groups excluding carboxylic acids is 1. The van der Waals surface area contributed by atoms with Gasteiger partial charge in [-0.2, -0.15) is 0 Å². The van der Waals surface area contributed by atoms with E-state index in [-0.39, 0.29) is 11.5 Å². The van der Waals surface area contributed by atoms with Crippen LogP contribution >= 0.6 is 11.3 Å². The lowest BCUT2D eigenvalue weighted by Crippen LogP contribution is -2.35. The number of benzene rings is 1. The molecule has 1 saturated heterocycles. The summed E-state index contributed by atoms with van der Waals surface area (Å²) < 4.78 is 12.1. The van der Waals surface area contributed by atoms with Crippen molar-refractivity contribution in [3.8, 4) is 11.5 Å². The van der Waals surface area contributed by atoms with Gasteiger partial charge in [0.05, 0.1) is 31.4 Å². The molecule has 3 heterocycles. The summed E-state index contributed by atoms with van der Waals surface area (Å²) in [5.74, 6) is 1.14. The highest BCUT2D eigenvalue weighted by Gasteiger charge is 2.20. The van der Waals surface area contributed by atoms with Crippen LogP contribution in [0.5, 0.6) is 11.5 Å². The van der Waals surface area contributed by atoms with Crippen LogP contribution in [0.15, 0.2) is 34.8 Å². The zero-order valence-electron chi connectivity index (χ0n) is 18.3. The minimum atomic E-state index is -0.155. The fourth-order valence-electron chi connectivity index (χ4n) is 3.93. The van der Waals surface area contributed by atoms with Crippen LogP contribution in [0.1, 0.15) is 19.3 Å². The number of anilines is 1. The van der Waals surface area contributed by atoms with Crippen molar-refractivity contribution in [2.45, 2.75) is 25.8 Å². The van der Waals surface area contributed by atoms with Crippen LogP contribution < -0.4 is 19.9 Å². The van der Waals surface area contributed by atoms with E-state index in [1.165, 1.54) is 13.4 Å². The Morgan fingerprint density at radius 3 is 2.66 bits per heavy atom. The highest BCUT2D eigenvalue weighted by atomic mass is 32.1.